The summed E-state index contributed by atoms with van der Waals surface area (Å²) in [5, 5.41) is 21.7. The predicted molar refractivity (Wildman–Crippen MR) is 91.7 cm³/mol. The van der Waals surface area contributed by atoms with E-state index in [1.807, 2.05) is 0 Å². The standard InChI is InChI=1S/C18H22N2O6/c21-15(20-8-6-18(25,7-9-20)17(23)24)11-26-14-3-1-2-13(10-14)19-16(22)12-4-5-12/h1-3,10,12,25H,4-9,11H2,(H,19,22)(H,23,24). The molecule has 1 saturated heterocycles. The molecule has 8 heteroatoms. The maximum Gasteiger partial charge on any atom is 0.335 e. The van der Waals surface area contributed by atoms with Crippen molar-refractivity contribution in [1.82, 2.24) is 4.90 Å². The molecule has 1 heterocycles. The first-order chi connectivity index (χ1) is 12.4. The maximum absolute atomic E-state index is 12.2. The van der Waals surface area contributed by atoms with Crippen LogP contribution in [-0.4, -0.2) is 58.2 Å². The molecule has 1 aromatic carbocycles. The van der Waals surface area contributed by atoms with E-state index in [0.717, 1.165) is 12.8 Å². The van der Waals surface area contributed by atoms with Gasteiger partial charge in [-0.05, 0) is 25.0 Å². The Morgan fingerprint density at radius 1 is 1.23 bits per heavy atom. The van der Waals surface area contributed by atoms with Crippen LogP contribution in [0.15, 0.2) is 24.3 Å². The third kappa shape index (κ3) is 4.32. The number of piperidine rings is 1. The van der Waals surface area contributed by atoms with Gasteiger partial charge in [-0.15, -0.1) is 0 Å². The number of aliphatic carboxylic acids is 1. The highest BCUT2D eigenvalue weighted by Crippen LogP contribution is 2.30. The summed E-state index contributed by atoms with van der Waals surface area (Å²) in [5.74, 6) is -0.969. The van der Waals surface area contributed by atoms with E-state index < -0.39 is 11.6 Å². The summed E-state index contributed by atoms with van der Waals surface area (Å²) >= 11 is 0. The lowest BCUT2D eigenvalue weighted by atomic mass is 9.92. The lowest BCUT2D eigenvalue weighted by Crippen LogP contribution is -2.51. The number of rotatable bonds is 6. The highest BCUT2D eigenvalue weighted by molar-refractivity contribution is 5.94. The lowest BCUT2D eigenvalue weighted by Gasteiger charge is -2.35. The molecule has 1 aromatic rings. The Hall–Kier alpha value is -2.61. The van der Waals surface area contributed by atoms with Crippen LogP contribution in [0, 0.1) is 5.92 Å². The summed E-state index contributed by atoms with van der Waals surface area (Å²) in [6.45, 7) is 0.149. The summed E-state index contributed by atoms with van der Waals surface area (Å²) in [4.78, 5) is 36.5. The van der Waals surface area contributed by atoms with Crippen LogP contribution in [0.2, 0.25) is 0 Å². The Labute approximate surface area is 150 Å². The van der Waals surface area contributed by atoms with Gasteiger partial charge in [0.15, 0.2) is 12.2 Å². The van der Waals surface area contributed by atoms with Crippen LogP contribution in [0.25, 0.3) is 0 Å². The molecule has 140 valence electrons. The number of carboxylic acid groups (broad SMARTS) is 1. The van der Waals surface area contributed by atoms with Gasteiger partial charge in [0, 0.05) is 43.6 Å². The molecule has 1 aliphatic heterocycles. The molecule has 2 amide bonds. The molecule has 2 fully saturated rings. The molecule has 1 saturated carbocycles. The van der Waals surface area contributed by atoms with Crippen molar-refractivity contribution in [1.29, 1.82) is 0 Å². The zero-order valence-corrected chi connectivity index (χ0v) is 14.3. The molecule has 0 aromatic heterocycles. The second-order valence-electron chi connectivity index (χ2n) is 6.80. The van der Waals surface area contributed by atoms with Crippen LogP contribution in [-0.2, 0) is 14.4 Å². The molecule has 0 spiro atoms. The van der Waals surface area contributed by atoms with Gasteiger partial charge in [-0.25, -0.2) is 4.79 Å². The third-order valence-electron chi connectivity index (χ3n) is 4.75. The first kappa shape index (κ1) is 18.2. The molecular weight excluding hydrogens is 340 g/mol. The normalized spacial score (nSPS) is 18.9. The predicted octanol–water partition coefficient (Wildman–Crippen LogP) is 0.852. The number of hydrogen-bond acceptors (Lipinski definition) is 5. The number of carbonyl (C=O) groups excluding carboxylic acids is 2. The van der Waals surface area contributed by atoms with Crippen molar-refractivity contribution in [3.05, 3.63) is 24.3 Å². The third-order valence-corrected chi connectivity index (χ3v) is 4.75. The van der Waals surface area contributed by atoms with Crippen molar-refractivity contribution >= 4 is 23.5 Å². The van der Waals surface area contributed by atoms with E-state index in [9.17, 15) is 19.5 Å². The van der Waals surface area contributed by atoms with Gasteiger partial charge in [-0.1, -0.05) is 6.07 Å². The number of nitrogens with zero attached hydrogens (tertiary/aromatic N) is 1. The number of benzene rings is 1. The molecule has 0 bridgehead atoms. The minimum atomic E-state index is -1.76. The second-order valence-corrected chi connectivity index (χ2v) is 6.80. The first-order valence-corrected chi connectivity index (χ1v) is 8.65. The average Bonchev–Trinajstić information content (AvgIpc) is 3.46. The van der Waals surface area contributed by atoms with Gasteiger partial charge >= 0.3 is 5.97 Å². The first-order valence-electron chi connectivity index (χ1n) is 8.65. The summed E-state index contributed by atoms with van der Waals surface area (Å²) < 4.78 is 5.50. The Balaban J connectivity index is 1.49. The van der Waals surface area contributed by atoms with Gasteiger partial charge in [-0.2, -0.15) is 0 Å². The van der Waals surface area contributed by atoms with E-state index in [4.69, 9.17) is 9.84 Å². The van der Waals surface area contributed by atoms with Gasteiger partial charge in [0.2, 0.25) is 5.91 Å². The van der Waals surface area contributed by atoms with Crippen molar-refractivity contribution in [2.24, 2.45) is 5.92 Å². The van der Waals surface area contributed by atoms with E-state index in [0.29, 0.717) is 11.4 Å². The summed E-state index contributed by atoms with van der Waals surface area (Å²) in [5.41, 5.74) is -1.14. The topological polar surface area (TPSA) is 116 Å². The SMILES string of the molecule is O=C(Nc1cccc(OCC(=O)N2CCC(O)(C(=O)O)CC2)c1)C1CC1. The number of anilines is 1. The Kier molecular flexibility index (Phi) is 5.13. The van der Waals surface area contributed by atoms with Crippen molar-refractivity contribution in [2.75, 3.05) is 25.0 Å². The number of nitrogens with one attached hydrogen (secondary N) is 1. The molecule has 3 N–H and O–H groups in total. The van der Waals surface area contributed by atoms with Gasteiger partial charge in [-0.3, -0.25) is 9.59 Å². The Morgan fingerprint density at radius 3 is 2.54 bits per heavy atom. The smallest absolute Gasteiger partial charge is 0.335 e. The monoisotopic (exact) mass is 362 g/mol. The van der Waals surface area contributed by atoms with Gasteiger partial charge in [0.05, 0.1) is 0 Å². The van der Waals surface area contributed by atoms with Crippen molar-refractivity contribution < 1.29 is 29.3 Å². The molecule has 3 rings (SSSR count). The molecule has 2 aliphatic rings. The number of aliphatic hydroxyl groups is 1. The number of hydrogen-bond donors (Lipinski definition) is 3. The molecule has 8 nitrogen and oxygen atoms in total. The Morgan fingerprint density at radius 2 is 1.92 bits per heavy atom. The van der Waals surface area contributed by atoms with Gasteiger partial charge < -0.3 is 25.2 Å². The van der Waals surface area contributed by atoms with Crippen LogP contribution < -0.4 is 10.1 Å². The van der Waals surface area contributed by atoms with Crippen molar-refractivity contribution in [3.63, 3.8) is 0 Å². The minimum absolute atomic E-state index is 0.00235. The fraction of sp³-hybridized carbons (Fsp3) is 0.500. The lowest BCUT2D eigenvalue weighted by molar-refractivity contribution is -0.165. The van der Waals surface area contributed by atoms with Crippen molar-refractivity contribution in [3.8, 4) is 5.75 Å². The largest absolute Gasteiger partial charge is 0.484 e. The van der Waals surface area contributed by atoms with E-state index in [1.165, 1.54) is 4.90 Å². The molecular formula is C18H22N2O6. The van der Waals surface area contributed by atoms with Gasteiger partial charge in [0.25, 0.3) is 5.91 Å². The van der Waals surface area contributed by atoms with Crippen LogP contribution in [0.1, 0.15) is 25.7 Å². The van der Waals surface area contributed by atoms with E-state index in [-0.39, 0.29) is 50.3 Å². The second kappa shape index (κ2) is 7.33. The molecule has 1 aliphatic carbocycles. The maximum atomic E-state index is 12.2. The number of carbonyl (C=O) groups is 3. The fourth-order valence-electron chi connectivity index (χ4n) is 2.83. The van der Waals surface area contributed by atoms with Crippen LogP contribution in [0.4, 0.5) is 5.69 Å². The van der Waals surface area contributed by atoms with Crippen molar-refractivity contribution in [2.45, 2.75) is 31.3 Å². The molecule has 0 unspecified atom stereocenters. The van der Waals surface area contributed by atoms with Gasteiger partial charge in [0.1, 0.15) is 5.75 Å². The minimum Gasteiger partial charge on any atom is -0.484 e. The quantitative estimate of drug-likeness (QED) is 0.691. The Bertz CT molecular complexity index is 707. The van der Waals surface area contributed by atoms with E-state index in [1.54, 1.807) is 24.3 Å². The number of ether oxygens (including phenoxy) is 1. The number of carboxylic acids is 1. The summed E-state index contributed by atoms with van der Waals surface area (Å²) in [7, 11) is 0. The average molecular weight is 362 g/mol. The highest BCUT2D eigenvalue weighted by atomic mass is 16.5. The van der Waals surface area contributed by atoms with E-state index in [2.05, 4.69) is 5.32 Å². The molecule has 0 atom stereocenters. The number of amides is 2. The molecule has 26 heavy (non-hydrogen) atoms. The summed E-state index contributed by atoms with van der Waals surface area (Å²) in [6, 6.07) is 6.84. The zero-order chi connectivity index (χ0) is 18.7. The number of likely N-dealkylation sites (tertiary alicyclic amines) is 1. The summed E-state index contributed by atoms with van der Waals surface area (Å²) in [6.07, 6.45) is 1.83. The van der Waals surface area contributed by atoms with Crippen LogP contribution >= 0.6 is 0 Å². The van der Waals surface area contributed by atoms with E-state index >= 15 is 0 Å². The zero-order valence-electron chi connectivity index (χ0n) is 14.3. The fourth-order valence-corrected chi connectivity index (χ4v) is 2.83. The molecule has 0 radical (unpaired) electrons. The highest BCUT2D eigenvalue weighted by Gasteiger charge is 2.40. The van der Waals surface area contributed by atoms with Crippen LogP contribution in [0.5, 0.6) is 5.75 Å². The van der Waals surface area contributed by atoms with Crippen LogP contribution in [0.3, 0.4) is 0 Å².